The minimum absolute atomic E-state index is 0.327. The lowest BCUT2D eigenvalue weighted by Gasteiger charge is -1.98. The van der Waals surface area contributed by atoms with E-state index in [1.165, 1.54) is 0 Å². The molecule has 0 unspecified atom stereocenters. The smallest absolute Gasteiger partial charge is 0.425 e. The molecule has 0 bridgehead atoms. The molecule has 0 aliphatic heterocycles. The molecule has 6 heteroatoms. The quantitative estimate of drug-likeness (QED) is 0.517. The molecule has 0 radical (unpaired) electrons. The lowest BCUT2D eigenvalue weighted by Crippen LogP contribution is -2.30. The van der Waals surface area contributed by atoms with E-state index in [0.29, 0.717) is 6.07 Å². The first kappa shape index (κ1) is 8.80. The topological polar surface area (TPSA) is 49.7 Å². The standard InChI is InChI=1S/C6H4BF2NO2/c8-4-1-2-5(6(9)3-4)7(11)10-12/h1-3,11H. The van der Waals surface area contributed by atoms with E-state index in [1.807, 2.05) is 0 Å². The molecule has 12 heavy (non-hydrogen) atoms. The van der Waals surface area contributed by atoms with Crippen LogP contribution in [0.25, 0.3) is 0 Å². The molecule has 1 aromatic rings. The molecule has 0 aromatic heterocycles. The van der Waals surface area contributed by atoms with E-state index in [-0.39, 0.29) is 5.46 Å². The Balaban J connectivity index is 3.09. The molecule has 3 nitrogen and oxygen atoms in total. The van der Waals surface area contributed by atoms with Crippen molar-refractivity contribution in [3.8, 4) is 0 Å². The van der Waals surface area contributed by atoms with Crippen LogP contribution in [0.4, 0.5) is 8.78 Å². The number of hydrogen-bond donors (Lipinski definition) is 1. The summed E-state index contributed by atoms with van der Waals surface area (Å²) in [7, 11) is -1.77. The van der Waals surface area contributed by atoms with E-state index in [9.17, 15) is 13.7 Å². The SMILES string of the molecule is O=NB(O)c1ccc(F)cc1F. The van der Waals surface area contributed by atoms with Crippen molar-refractivity contribution in [2.75, 3.05) is 0 Å². The Hall–Kier alpha value is -1.30. The second kappa shape index (κ2) is 3.40. The molecular weight excluding hydrogens is 167 g/mol. The lowest BCUT2D eigenvalue weighted by molar-refractivity contribution is 0.569. The highest BCUT2D eigenvalue weighted by Crippen LogP contribution is 2.00. The number of halogens is 2. The van der Waals surface area contributed by atoms with Crippen LogP contribution in [-0.4, -0.2) is 12.1 Å². The van der Waals surface area contributed by atoms with Crippen LogP contribution in [0.2, 0.25) is 0 Å². The van der Waals surface area contributed by atoms with Crippen molar-refractivity contribution in [1.82, 2.24) is 0 Å². The number of benzene rings is 1. The molecule has 62 valence electrons. The maximum absolute atomic E-state index is 12.7. The van der Waals surface area contributed by atoms with Gasteiger partial charge < -0.3 is 5.02 Å². The largest absolute Gasteiger partial charge is 0.520 e. The Bertz CT molecular complexity index is 308. The molecule has 0 atom stereocenters. The van der Waals surface area contributed by atoms with Crippen molar-refractivity contribution in [1.29, 1.82) is 0 Å². The summed E-state index contributed by atoms with van der Waals surface area (Å²) in [6.07, 6.45) is 0. The van der Waals surface area contributed by atoms with Gasteiger partial charge in [-0.25, -0.2) is 8.78 Å². The van der Waals surface area contributed by atoms with Crippen molar-refractivity contribution in [3.05, 3.63) is 34.7 Å². The predicted molar refractivity (Wildman–Crippen MR) is 39.8 cm³/mol. The van der Waals surface area contributed by atoms with E-state index in [1.54, 1.807) is 0 Å². The Morgan fingerprint density at radius 2 is 2.08 bits per heavy atom. The van der Waals surface area contributed by atoms with Gasteiger partial charge in [0.1, 0.15) is 11.6 Å². The van der Waals surface area contributed by atoms with Crippen LogP contribution < -0.4 is 5.46 Å². The average Bonchev–Trinajstić information content (AvgIpc) is 2.03. The van der Waals surface area contributed by atoms with Crippen molar-refractivity contribution in [3.63, 3.8) is 0 Å². The summed E-state index contributed by atoms with van der Waals surface area (Å²) in [5.41, 5.74) is -0.327. The molecular formula is C6H4BF2NO2. The Labute approximate surface area is 67.1 Å². The second-order valence-electron chi connectivity index (χ2n) is 2.14. The van der Waals surface area contributed by atoms with Gasteiger partial charge in [-0.2, -0.15) is 4.91 Å². The summed E-state index contributed by atoms with van der Waals surface area (Å²) in [5, 5.41) is 11.0. The molecule has 0 amide bonds. The molecule has 0 spiro atoms. The summed E-state index contributed by atoms with van der Waals surface area (Å²) in [5.74, 6) is -1.75. The van der Waals surface area contributed by atoms with Gasteiger partial charge in [0.05, 0.1) is 0 Å². The maximum Gasteiger partial charge on any atom is 0.520 e. The van der Waals surface area contributed by atoms with Crippen LogP contribution in [0.3, 0.4) is 0 Å². The fourth-order valence-corrected chi connectivity index (χ4v) is 0.768. The van der Waals surface area contributed by atoms with E-state index in [0.717, 1.165) is 12.1 Å². The first-order valence-electron chi connectivity index (χ1n) is 3.10. The second-order valence-corrected chi connectivity index (χ2v) is 2.14. The van der Waals surface area contributed by atoms with Crippen LogP contribution in [0, 0.1) is 16.5 Å². The molecule has 1 aromatic carbocycles. The summed E-state index contributed by atoms with van der Waals surface area (Å²) in [6.45, 7) is 0. The third-order valence-electron chi connectivity index (χ3n) is 1.34. The molecule has 0 saturated heterocycles. The van der Waals surface area contributed by atoms with Gasteiger partial charge in [-0.3, -0.25) is 0 Å². The van der Waals surface area contributed by atoms with Crippen LogP contribution in [0.1, 0.15) is 0 Å². The molecule has 0 heterocycles. The van der Waals surface area contributed by atoms with Gasteiger partial charge in [-0.05, 0) is 6.07 Å². The zero-order valence-electron chi connectivity index (χ0n) is 5.87. The van der Waals surface area contributed by atoms with E-state index >= 15 is 0 Å². The molecule has 0 aliphatic carbocycles. The van der Waals surface area contributed by atoms with Crippen LogP contribution >= 0.6 is 0 Å². The van der Waals surface area contributed by atoms with E-state index < -0.39 is 18.7 Å². The Morgan fingerprint density at radius 3 is 2.58 bits per heavy atom. The van der Waals surface area contributed by atoms with Crippen LogP contribution in [-0.2, 0) is 0 Å². The fourth-order valence-electron chi connectivity index (χ4n) is 0.768. The third-order valence-corrected chi connectivity index (χ3v) is 1.34. The van der Waals surface area contributed by atoms with Crippen molar-refractivity contribution in [2.45, 2.75) is 0 Å². The van der Waals surface area contributed by atoms with Gasteiger partial charge in [0.2, 0.25) is 0 Å². The highest BCUT2D eigenvalue weighted by Gasteiger charge is 2.20. The van der Waals surface area contributed by atoms with Crippen molar-refractivity contribution in [2.24, 2.45) is 5.09 Å². The first-order valence-corrected chi connectivity index (χ1v) is 3.10. The number of nitroso groups, excluding NO2 is 1. The molecule has 1 N–H and O–H groups in total. The van der Waals surface area contributed by atoms with Gasteiger partial charge in [0.15, 0.2) is 0 Å². The highest BCUT2D eigenvalue weighted by molar-refractivity contribution is 6.64. The number of hydrogen-bond acceptors (Lipinski definition) is 3. The minimum Gasteiger partial charge on any atom is -0.425 e. The van der Waals surface area contributed by atoms with Gasteiger partial charge >= 0.3 is 7.05 Å². The summed E-state index contributed by atoms with van der Waals surface area (Å²) in [6, 6.07) is 2.48. The predicted octanol–water partition coefficient (Wildman–Crippen LogP) is 0.419. The van der Waals surface area contributed by atoms with Gasteiger partial charge in [-0.1, -0.05) is 11.2 Å². The molecule has 0 saturated carbocycles. The van der Waals surface area contributed by atoms with Gasteiger partial charge in [-0.15, -0.1) is 0 Å². The zero-order chi connectivity index (χ0) is 9.14. The maximum atomic E-state index is 12.7. The summed E-state index contributed by atoms with van der Waals surface area (Å²) >= 11 is 0. The van der Waals surface area contributed by atoms with Crippen LogP contribution in [0.5, 0.6) is 0 Å². The summed E-state index contributed by atoms with van der Waals surface area (Å²) < 4.78 is 25.0. The Kier molecular flexibility index (Phi) is 2.49. The molecule has 1 rings (SSSR count). The van der Waals surface area contributed by atoms with Gasteiger partial charge in [0, 0.05) is 11.5 Å². The number of rotatable bonds is 2. The van der Waals surface area contributed by atoms with E-state index in [4.69, 9.17) is 5.02 Å². The van der Waals surface area contributed by atoms with Crippen molar-refractivity contribution >= 4 is 12.5 Å². The fraction of sp³-hybridized carbons (Fsp3) is 0. The summed E-state index contributed by atoms with van der Waals surface area (Å²) in [4.78, 5) is 9.78. The highest BCUT2D eigenvalue weighted by atomic mass is 19.1. The van der Waals surface area contributed by atoms with Crippen LogP contribution in [0.15, 0.2) is 23.3 Å². The normalized spacial score (nSPS) is 9.58. The van der Waals surface area contributed by atoms with Gasteiger partial charge in [0.25, 0.3) is 0 Å². The first-order chi connectivity index (χ1) is 5.65. The van der Waals surface area contributed by atoms with E-state index in [2.05, 4.69) is 5.09 Å². The zero-order valence-corrected chi connectivity index (χ0v) is 5.87. The number of nitrogens with zero attached hydrogens (tertiary/aromatic N) is 1. The Morgan fingerprint density at radius 1 is 1.42 bits per heavy atom. The average molecular weight is 171 g/mol. The lowest BCUT2D eigenvalue weighted by atomic mass is 9.75. The monoisotopic (exact) mass is 171 g/mol. The minimum atomic E-state index is -1.77. The third kappa shape index (κ3) is 1.65. The molecule has 0 aliphatic rings. The molecule has 0 fully saturated rings. The van der Waals surface area contributed by atoms with Crippen molar-refractivity contribution < 1.29 is 13.8 Å².